The van der Waals surface area contributed by atoms with Gasteiger partial charge in [0.25, 0.3) is 0 Å². The fourth-order valence-corrected chi connectivity index (χ4v) is 0.787. The number of aliphatic hydroxyl groups excluding tert-OH is 1. The summed E-state index contributed by atoms with van der Waals surface area (Å²) in [5, 5.41) is 16.6. The molecule has 0 aliphatic carbocycles. The van der Waals surface area contributed by atoms with Gasteiger partial charge in [-0.05, 0) is 13.8 Å². The van der Waals surface area contributed by atoms with Crippen LogP contribution in [0, 0.1) is 0 Å². The van der Waals surface area contributed by atoms with Gasteiger partial charge in [0, 0.05) is 12.6 Å². The van der Waals surface area contributed by atoms with Gasteiger partial charge in [0.05, 0.1) is 0 Å². The molecule has 1 heterocycles. The first-order valence-electron chi connectivity index (χ1n) is 4.00. The summed E-state index contributed by atoms with van der Waals surface area (Å²) in [5.74, 6) is 0.553. The molecule has 3 N–H and O–H groups in total. The molecule has 5 nitrogen and oxygen atoms in total. The number of nitrogens with two attached hydrogens (primary N) is 1. The molecule has 0 aliphatic heterocycles. The lowest BCUT2D eigenvalue weighted by Gasteiger charge is -1.98. The molecule has 5 heteroatoms. The summed E-state index contributed by atoms with van der Waals surface area (Å²) in [6, 6.07) is 0. The van der Waals surface area contributed by atoms with Crippen LogP contribution in [0.3, 0.4) is 0 Å². The highest BCUT2D eigenvalue weighted by atomic mass is 16.4. The second-order valence-corrected chi connectivity index (χ2v) is 2.95. The van der Waals surface area contributed by atoms with E-state index in [1.807, 2.05) is 13.8 Å². The Morgan fingerprint density at radius 1 is 1.62 bits per heavy atom. The van der Waals surface area contributed by atoms with Crippen molar-refractivity contribution >= 4 is 6.08 Å². The molecule has 0 bridgehead atoms. The molecule has 0 saturated heterocycles. The van der Waals surface area contributed by atoms with Gasteiger partial charge in [0.15, 0.2) is 0 Å². The molecule has 1 atom stereocenters. The highest BCUT2D eigenvalue weighted by Gasteiger charge is 2.12. The maximum atomic E-state index is 9.23. The summed E-state index contributed by atoms with van der Waals surface area (Å²) in [6.45, 7) is 3.92. The topological polar surface area (TPSA) is 85.2 Å². The number of hydrogen-bond donors (Lipinski definition) is 2. The molecule has 0 aromatic carbocycles. The lowest BCUT2D eigenvalue weighted by molar-refractivity contribution is 0.151. The number of aromatic nitrogens is 2. The van der Waals surface area contributed by atoms with E-state index in [1.165, 1.54) is 0 Å². The molecular formula is C8H13N3O2. The number of rotatable bonds is 3. The first-order chi connectivity index (χ1) is 6.13. The Morgan fingerprint density at radius 2 is 2.31 bits per heavy atom. The maximum absolute atomic E-state index is 9.23. The van der Waals surface area contributed by atoms with Crippen molar-refractivity contribution in [2.24, 2.45) is 5.73 Å². The van der Waals surface area contributed by atoms with Gasteiger partial charge in [-0.1, -0.05) is 5.57 Å². The Bertz CT molecular complexity index is 302. The summed E-state index contributed by atoms with van der Waals surface area (Å²) in [6.07, 6.45) is 0.867. The minimum absolute atomic E-state index is 0.0798. The summed E-state index contributed by atoms with van der Waals surface area (Å²) >= 11 is 0. The molecule has 0 fully saturated rings. The van der Waals surface area contributed by atoms with Crippen molar-refractivity contribution in [1.82, 2.24) is 10.2 Å². The van der Waals surface area contributed by atoms with Crippen LogP contribution in [0.5, 0.6) is 0 Å². The molecule has 0 saturated carbocycles. The van der Waals surface area contributed by atoms with E-state index in [0.29, 0.717) is 5.89 Å². The van der Waals surface area contributed by atoms with Crippen molar-refractivity contribution in [3.8, 4) is 0 Å². The van der Waals surface area contributed by atoms with Crippen molar-refractivity contribution in [2.75, 3.05) is 6.54 Å². The monoisotopic (exact) mass is 183 g/mol. The summed E-state index contributed by atoms with van der Waals surface area (Å²) in [7, 11) is 0. The first-order valence-corrected chi connectivity index (χ1v) is 4.00. The van der Waals surface area contributed by atoms with Crippen LogP contribution in [0.25, 0.3) is 6.08 Å². The third-order valence-corrected chi connectivity index (χ3v) is 1.38. The minimum atomic E-state index is -0.869. The highest BCUT2D eigenvalue weighted by Crippen LogP contribution is 2.11. The number of allylic oxidation sites excluding steroid dienone is 1. The molecule has 1 rings (SSSR count). The number of hydrogen-bond acceptors (Lipinski definition) is 5. The van der Waals surface area contributed by atoms with Crippen LogP contribution in [0.1, 0.15) is 31.7 Å². The zero-order chi connectivity index (χ0) is 9.84. The Kier molecular flexibility index (Phi) is 3.16. The van der Waals surface area contributed by atoms with Crippen LogP contribution in [0.4, 0.5) is 0 Å². The van der Waals surface area contributed by atoms with Crippen molar-refractivity contribution in [3.05, 3.63) is 17.4 Å². The van der Waals surface area contributed by atoms with Crippen molar-refractivity contribution < 1.29 is 9.52 Å². The predicted molar refractivity (Wildman–Crippen MR) is 47.6 cm³/mol. The molecule has 0 radical (unpaired) electrons. The SMILES string of the molecule is CC(C)=Cc1nnc([C@@H](O)CN)o1. The summed E-state index contributed by atoms with van der Waals surface area (Å²) < 4.78 is 5.12. The van der Waals surface area contributed by atoms with E-state index in [0.717, 1.165) is 5.57 Å². The zero-order valence-electron chi connectivity index (χ0n) is 7.69. The average molecular weight is 183 g/mol. The fourth-order valence-electron chi connectivity index (χ4n) is 0.787. The van der Waals surface area contributed by atoms with Gasteiger partial charge in [-0.2, -0.15) is 0 Å². The van der Waals surface area contributed by atoms with E-state index in [1.54, 1.807) is 6.08 Å². The van der Waals surface area contributed by atoms with Gasteiger partial charge in [-0.3, -0.25) is 0 Å². The fraction of sp³-hybridized carbons (Fsp3) is 0.500. The van der Waals surface area contributed by atoms with E-state index < -0.39 is 6.10 Å². The third-order valence-electron chi connectivity index (χ3n) is 1.38. The largest absolute Gasteiger partial charge is 0.418 e. The third kappa shape index (κ3) is 2.64. The van der Waals surface area contributed by atoms with E-state index in [-0.39, 0.29) is 12.4 Å². The maximum Gasteiger partial charge on any atom is 0.246 e. The Labute approximate surface area is 76.3 Å². The second kappa shape index (κ2) is 4.15. The summed E-state index contributed by atoms with van der Waals surface area (Å²) in [5.41, 5.74) is 6.27. The second-order valence-electron chi connectivity index (χ2n) is 2.95. The lowest BCUT2D eigenvalue weighted by atomic mass is 10.3. The molecule has 72 valence electrons. The van der Waals surface area contributed by atoms with Crippen LogP contribution < -0.4 is 5.73 Å². The Morgan fingerprint density at radius 3 is 2.85 bits per heavy atom. The quantitative estimate of drug-likeness (QED) is 0.712. The van der Waals surface area contributed by atoms with E-state index in [4.69, 9.17) is 10.2 Å². The lowest BCUT2D eigenvalue weighted by Crippen LogP contribution is -2.11. The normalized spacial score (nSPS) is 12.6. The van der Waals surface area contributed by atoms with Gasteiger partial charge >= 0.3 is 0 Å². The van der Waals surface area contributed by atoms with Crippen LogP contribution >= 0.6 is 0 Å². The number of nitrogens with zero attached hydrogens (tertiary/aromatic N) is 2. The van der Waals surface area contributed by atoms with E-state index >= 15 is 0 Å². The summed E-state index contributed by atoms with van der Waals surface area (Å²) in [4.78, 5) is 0. The van der Waals surface area contributed by atoms with Crippen molar-refractivity contribution in [3.63, 3.8) is 0 Å². The van der Waals surface area contributed by atoms with Gasteiger partial charge in [-0.15, -0.1) is 10.2 Å². The van der Waals surface area contributed by atoms with Gasteiger partial charge in [-0.25, -0.2) is 0 Å². The van der Waals surface area contributed by atoms with Crippen LogP contribution in [0.2, 0.25) is 0 Å². The van der Waals surface area contributed by atoms with Crippen molar-refractivity contribution in [1.29, 1.82) is 0 Å². The van der Waals surface area contributed by atoms with E-state index in [2.05, 4.69) is 10.2 Å². The van der Waals surface area contributed by atoms with Gasteiger partial charge < -0.3 is 15.3 Å². The minimum Gasteiger partial charge on any atom is -0.418 e. The van der Waals surface area contributed by atoms with Crippen molar-refractivity contribution in [2.45, 2.75) is 20.0 Å². The smallest absolute Gasteiger partial charge is 0.246 e. The van der Waals surface area contributed by atoms with Crippen LogP contribution in [-0.4, -0.2) is 21.8 Å². The van der Waals surface area contributed by atoms with Gasteiger partial charge in [0.1, 0.15) is 6.10 Å². The van der Waals surface area contributed by atoms with E-state index in [9.17, 15) is 5.11 Å². The van der Waals surface area contributed by atoms with Crippen LogP contribution in [-0.2, 0) is 0 Å². The van der Waals surface area contributed by atoms with Gasteiger partial charge in [0.2, 0.25) is 11.8 Å². The standard InChI is InChI=1S/C8H13N3O2/c1-5(2)3-7-10-11-8(13-7)6(12)4-9/h3,6,12H,4,9H2,1-2H3/t6-/m0/s1. The molecule has 1 aromatic rings. The molecule has 1 aromatic heterocycles. The molecule has 0 spiro atoms. The Hall–Kier alpha value is -1.20. The highest BCUT2D eigenvalue weighted by molar-refractivity contribution is 5.40. The number of aliphatic hydroxyl groups is 1. The molecule has 0 aliphatic rings. The zero-order valence-corrected chi connectivity index (χ0v) is 7.69. The molecular weight excluding hydrogens is 170 g/mol. The van der Waals surface area contributed by atoms with Crippen LogP contribution in [0.15, 0.2) is 9.99 Å². The average Bonchev–Trinajstić information content (AvgIpc) is 2.50. The molecule has 13 heavy (non-hydrogen) atoms. The molecule has 0 amide bonds. The molecule has 0 unspecified atom stereocenters. The predicted octanol–water partition coefficient (Wildman–Crippen LogP) is 0.485. The Balaban J connectivity index is 2.80. The first kappa shape index (κ1) is 9.88.